The lowest BCUT2D eigenvalue weighted by molar-refractivity contribution is -0.0574. The smallest absolute Gasteiger partial charge is 0.404 e. The summed E-state index contributed by atoms with van der Waals surface area (Å²) in [5, 5.41) is 14.5. The van der Waals surface area contributed by atoms with Crippen LogP contribution in [0.15, 0.2) is 30.3 Å². The molecule has 7 heteroatoms. The number of nitrogens with two attached hydrogens (primary N) is 1. The molecular weight excluding hydrogens is 366 g/mol. The summed E-state index contributed by atoms with van der Waals surface area (Å²) in [4.78, 5) is 11.4. The third-order valence-corrected chi connectivity index (χ3v) is 5.34. The third-order valence-electron chi connectivity index (χ3n) is 5.34. The monoisotopic (exact) mass is 398 g/mol. The van der Waals surface area contributed by atoms with Gasteiger partial charge in [-0.2, -0.15) is 0 Å². The van der Waals surface area contributed by atoms with Gasteiger partial charge in [-0.15, -0.1) is 0 Å². The molecule has 3 atom stereocenters. The van der Waals surface area contributed by atoms with E-state index in [2.05, 4.69) is 5.32 Å². The number of nitrogens with one attached hydrogen (secondary N) is 1. The number of aliphatic hydroxyl groups is 1. The summed E-state index contributed by atoms with van der Waals surface area (Å²) in [7, 11) is 0. The minimum atomic E-state index is -2.61. The number of carbonyl (C=O) groups is 1. The SMILES string of the molecule is CC(C)(C)C(NC1CCC(F)(F)CC1)[C@@H](O)[C@H](Cc1ccccc1)OC(N)=O. The van der Waals surface area contributed by atoms with Gasteiger partial charge in [0.2, 0.25) is 5.92 Å². The van der Waals surface area contributed by atoms with Crippen LogP contribution in [0, 0.1) is 5.41 Å². The molecule has 0 aliphatic heterocycles. The zero-order valence-electron chi connectivity index (χ0n) is 16.8. The average Bonchev–Trinajstić information content (AvgIpc) is 2.59. The number of aliphatic hydroxyl groups excluding tert-OH is 1. The molecule has 1 amide bonds. The van der Waals surface area contributed by atoms with E-state index in [-0.39, 0.29) is 18.9 Å². The van der Waals surface area contributed by atoms with Crippen LogP contribution in [0.5, 0.6) is 0 Å². The van der Waals surface area contributed by atoms with Crippen LogP contribution >= 0.6 is 0 Å². The maximum atomic E-state index is 13.5. The van der Waals surface area contributed by atoms with Crippen molar-refractivity contribution in [3.63, 3.8) is 0 Å². The molecule has 1 fully saturated rings. The van der Waals surface area contributed by atoms with Crippen LogP contribution in [0.3, 0.4) is 0 Å². The van der Waals surface area contributed by atoms with Crippen molar-refractivity contribution in [1.29, 1.82) is 0 Å². The molecule has 0 bridgehead atoms. The van der Waals surface area contributed by atoms with Crippen LogP contribution in [0.2, 0.25) is 0 Å². The van der Waals surface area contributed by atoms with Crippen molar-refractivity contribution < 1.29 is 23.4 Å². The number of alkyl halides is 2. The number of halogens is 2. The highest BCUT2D eigenvalue weighted by atomic mass is 19.3. The van der Waals surface area contributed by atoms with Crippen LogP contribution in [-0.4, -0.2) is 41.4 Å². The van der Waals surface area contributed by atoms with Crippen molar-refractivity contribution in [2.45, 2.75) is 83.1 Å². The molecule has 1 aliphatic rings. The Kier molecular flexibility index (Phi) is 7.39. The average molecular weight is 398 g/mol. The molecule has 28 heavy (non-hydrogen) atoms. The zero-order chi connectivity index (χ0) is 20.9. The van der Waals surface area contributed by atoms with Crippen LogP contribution in [0.1, 0.15) is 52.0 Å². The fraction of sp³-hybridized carbons (Fsp3) is 0.667. The van der Waals surface area contributed by atoms with Gasteiger partial charge in [-0.3, -0.25) is 0 Å². The van der Waals surface area contributed by atoms with Crippen molar-refractivity contribution in [2.24, 2.45) is 11.1 Å². The van der Waals surface area contributed by atoms with E-state index in [9.17, 15) is 18.7 Å². The summed E-state index contributed by atoms with van der Waals surface area (Å²) in [6.45, 7) is 5.86. The van der Waals surface area contributed by atoms with Gasteiger partial charge in [-0.25, -0.2) is 13.6 Å². The molecule has 1 aliphatic carbocycles. The third kappa shape index (κ3) is 6.71. The van der Waals surface area contributed by atoms with Gasteiger partial charge < -0.3 is 20.9 Å². The van der Waals surface area contributed by atoms with Gasteiger partial charge >= 0.3 is 6.09 Å². The Morgan fingerprint density at radius 3 is 2.36 bits per heavy atom. The lowest BCUT2D eigenvalue weighted by atomic mass is 9.79. The highest BCUT2D eigenvalue weighted by Gasteiger charge is 2.41. The largest absolute Gasteiger partial charge is 0.443 e. The molecule has 1 saturated carbocycles. The molecule has 2 rings (SSSR count). The molecule has 1 aromatic rings. The predicted molar refractivity (Wildman–Crippen MR) is 104 cm³/mol. The minimum Gasteiger partial charge on any atom is -0.443 e. The fourth-order valence-corrected chi connectivity index (χ4v) is 3.76. The van der Waals surface area contributed by atoms with Gasteiger partial charge in [0, 0.05) is 31.3 Å². The van der Waals surface area contributed by atoms with E-state index in [1.54, 1.807) is 0 Å². The molecule has 0 aromatic heterocycles. The van der Waals surface area contributed by atoms with Crippen molar-refractivity contribution >= 4 is 6.09 Å². The van der Waals surface area contributed by atoms with E-state index in [0.29, 0.717) is 19.3 Å². The Labute approximate surface area is 165 Å². The number of ether oxygens (including phenoxy) is 1. The number of amides is 1. The standard InChI is InChI=1S/C21H32F2N2O3/c1-20(2,3)18(25-15-9-11-21(22,23)12-10-15)17(26)16(28-19(24)27)13-14-7-5-4-6-8-14/h4-8,15-18,25-26H,9-13H2,1-3H3,(H2,24,27)/t16-,17-,18?/m0/s1. The van der Waals surface area contributed by atoms with Crippen LogP contribution < -0.4 is 11.1 Å². The molecule has 1 unspecified atom stereocenters. The van der Waals surface area contributed by atoms with Gasteiger partial charge in [-0.1, -0.05) is 51.1 Å². The Bertz CT molecular complexity index is 624. The van der Waals surface area contributed by atoms with Crippen LogP contribution in [-0.2, 0) is 11.2 Å². The van der Waals surface area contributed by atoms with E-state index < -0.39 is 35.7 Å². The number of hydrogen-bond donors (Lipinski definition) is 3. The molecule has 0 radical (unpaired) electrons. The van der Waals surface area contributed by atoms with Gasteiger partial charge in [0.1, 0.15) is 12.2 Å². The molecule has 158 valence electrons. The second-order valence-electron chi connectivity index (χ2n) is 8.80. The van der Waals surface area contributed by atoms with E-state index >= 15 is 0 Å². The summed E-state index contributed by atoms with van der Waals surface area (Å²) in [6, 6.07) is 8.79. The van der Waals surface area contributed by atoms with E-state index in [1.165, 1.54) is 0 Å². The van der Waals surface area contributed by atoms with E-state index in [1.807, 2.05) is 51.1 Å². The first kappa shape index (κ1) is 22.6. The van der Waals surface area contributed by atoms with Crippen molar-refractivity contribution in [1.82, 2.24) is 5.32 Å². The lowest BCUT2D eigenvalue weighted by Crippen LogP contribution is -2.58. The quantitative estimate of drug-likeness (QED) is 0.655. The summed E-state index contributed by atoms with van der Waals surface area (Å²) >= 11 is 0. The molecule has 5 nitrogen and oxygen atoms in total. The van der Waals surface area contributed by atoms with Crippen molar-refractivity contribution in [3.05, 3.63) is 35.9 Å². The van der Waals surface area contributed by atoms with Crippen molar-refractivity contribution in [2.75, 3.05) is 0 Å². The second kappa shape index (κ2) is 9.18. The van der Waals surface area contributed by atoms with Crippen LogP contribution in [0.25, 0.3) is 0 Å². The number of rotatable bonds is 7. The highest BCUT2D eigenvalue weighted by Crippen LogP contribution is 2.35. The Balaban J connectivity index is 2.15. The van der Waals surface area contributed by atoms with Gasteiger partial charge in [0.15, 0.2) is 0 Å². The number of primary amides is 1. The van der Waals surface area contributed by atoms with Gasteiger partial charge in [0.05, 0.1) is 0 Å². The van der Waals surface area contributed by atoms with E-state index in [4.69, 9.17) is 10.5 Å². The van der Waals surface area contributed by atoms with Crippen LogP contribution in [0.4, 0.5) is 13.6 Å². The Morgan fingerprint density at radius 2 is 1.86 bits per heavy atom. The lowest BCUT2D eigenvalue weighted by Gasteiger charge is -2.42. The van der Waals surface area contributed by atoms with Gasteiger partial charge in [0.25, 0.3) is 0 Å². The maximum absolute atomic E-state index is 13.5. The summed E-state index contributed by atoms with van der Waals surface area (Å²) in [5.41, 5.74) is 5.74. The minimum absolute atomic E-state index is 0.121. The topological polar surface area (TPSA) is 84.6 Å². The second-order valence-corrected chi connectivity index (χ2v) is 8.80. The summed E-state index contributed by atoms with van der Waals surface area (Å²) in [6.07, 6.45) is -2.19. The first-order valence-electron chi connectivity index (χ1n) is 9.80. The Hall–Kier alpha value is -1.73. The number of hydrogen-bond acceptors (Lipinski definition) is 4. The van der Waals surface area contributed by atoms with Crippen molar-refractivity contribution in [3.8, 4) is 0 Å². The predicted octanol–water partition coefficient (Wildman–Crippen LogP) is 3.64. The Morgan fingerprint density at radius 1 is 1.29 bits per heavy atom. The fourth-order valence-electron chi connectivity index (χ4n) is 3.76. The molecule has 0 heterocycles. The molecule has 0 spiro atoms. The normalized spacial score (nSPS) is 20.9. The van der Waals surface area contributed by atoms with E-state index in [0.717, 1.165) is 5.56 Å². The summed E-state index contributed by atoms with van der Waals surface area (Å²) < 4.78 is 32.2. The highest BCUT2D eigenvalue weighted by molar-refractivity contribution is 5.64. The summed E-state index contributed by atoms with van der Waals surface area (Å²) in [5.74, 6) is -2.61. The molecule has 1 aromatic carbocycles. The zero-order valence-corrected chi connectivity index (χ0v) is 16.8. The van der Waals surface area contributed by atoms with Gasteiger partial charge in [-0.05, 0) is 23.8 Å². The number of carbonyl (C=O) groups excluding carboxylic acids is 1. The molecule has 0 saturated heterocycles. The molecule has 4 N–H and O–H groups in total. The first-order valence-corrected chi connectivity index (χ1v) is 9.80. The maximum Gasteiger partial charge on any atom is 0.404 e. The first-order chi connectivity index (χ1) is 13.0. The number of benzene rings is 1. The molecular formula is C21H32F2N2O3.